The normalized spacial score (nSPS) is 16.3. The molecule has 0 unspecified atom stereocenters. The van der Waals surface area contributed by atoms with Crippen LogP contribution in [0.4, 0.5) is 0 Å². The summed E-state index contributed by atoms with van der Waals surface area (Å²) in [4.78, 5) is 0. The zero-order valence-corrected chi connectivity index (χ0v) is 9.51. The van der Waals surface area contributed by atoms with Crippen LogP contribution in [0.15, 0.2) is 18.2 Å². The number of aryl methyl sites for hydroxylation is 1. The van der Waals surface area contributed by atoms with E-state index in [1.165, 1.54) is 19.3 Å². The van der Waals surface area contributed by atoms with Gasteiger partial charge in [0.2, 0.25) is 0 Å². The van der Waals surface area contributed by atoms with Crippen LogP contribution in [0.25, 0.3) is 0 Å². The molecular formula is C14H20. The Morgan fingerprint density at radius 3 is 2.50 bits per heavy atom. The summed E-state index contributed by atoms with van der Waals surface area (Å²) < 4.78 is 0. The molecule has 0 N–H and O–H groups in total. The molecule has 0 heteroatoms. The lowest BCUT2D eigenvalue weighted by Gasteiger charge is -2.16. The van der Waals surface area contributed by atoms with Crippen LogP contribution in [-0.2, 0) is 6.42 Å². The standard InChI is InChI=1S/C14H20/c1-4-11-6-5-7-13(10(2)3)14(11)12-8-9-12/h5-7,10,12H,4,8-9H2,1-3H3. The van der Waals surface area contributed by atoms with E-state index < -0.39 is 0 Å². The van der Waals surface area contributed by atoms with Gasteiger partial charge in [-0.1, -0.05) is 39.0 Å². The van der Waals surface area contributed by atoms with E-state index in [9.17, 15) is 0 Å². The lowest BCUT2D eigenvalue weighted by atomic mass is 9.89. The molecule has 1 aromatic rings. The average Bonchev–Trinajstić information content (AvgIpc) is 2.99. The topological polar surface area (TPSA) is 0 Å². The van der Waals surface area contributed by atoms with Crippen molar-refractivity contribution in [2.75, 3.05) is 0 Å². The first-order chi connectivity index (χ1) is 6.74. The van der Waals surface area contributed by atoms with Gasteiger partial charge < -0.3 is 0 Å². The summed E-state index contributed by atoms with van der Waals surface area (Å²) in [6.07, 6.45) is 4.01. The average molecular weight is 188 g/mol. The third kappa shape index (κ3) is 1.70. The molecule has 0 radical (unpaired) electrons. The molecule has 1 saturated carbocycles. The van der Waals surface area contributed by atoms with Gasteiger partial charge in [0.25, 0.3) is 0 Å². The minimum absolute atomic E-state index is 0.678. The first-order valence-electron chi connectivity index (χ1n) is 5.85. The zero-order valence-electron chi connectivity index (χ0n) is 9.51. The highest BCUT2D eigenvalue weighted by Gasteiger charge is 2.28. The Kier molecular flexibility index (Phi) is 2.62. The molecule has 2 rings (SSSR count). The van der Waals surface area contributed by atoms with Crippen LogP contribution >= 0.6 is 0 Å². The number of hydrogen-bond acceptors (Lipinski definition) is 0. The van der Waals surface area contributed by atoms with Crippen LogP contribution in [-0.4, -0.2) is 0 Å². The van der Waals surface area contributed by atoms with Gasteiger partial charge in [0.05, 0.1) is 0 Å². The Morgan fingerprint density at radius 1 is 1.29 bits per heavy atom. The summed E-state index contributed by atoms with van der Waals surface area (Å²) >= 11 is 0. The number of rotatable bonds is 3. The maximum absolute atomic E-state index is 2.32. The Labute approximate surface area is 87.3 Å². The van der Waals surface area contributed by atoms with Crippen molar-refractivity contribution in [2.24, 2.45) is 0 Å². The molecule has 0 aromatic heterocycles. The largest absolute Gasteiger partial charge is 0.0617 e. The molecule has 0 atom stereocenters. The summed E-state index contributed by atoms with van der Waals surface area (Å²) in [5.74, 6) is 1.57. The van der Waals surface area contributed by atoms with Gasteiger partial charge in [-0.05, 0) is 47.8 Å². The Balaban J connectivity index is 2.47. The van der Waals surface area contributed by atoms with Crippen molar-refractivity contribution in [1.82, 2.24) is 0 Å². The lowest BCUT2D eigenvalue weighted by Crippen LogP contribution is -1.99. The first kappa shape index (κ1) is 9.76. The molecule has 0 bridgehead atoms. The Morgan fingerprint density at radius 2 is 2.00 bits per heavy atom. The van der Waals surface area contributed by atoms with Crippen molar-refractivity contribution >= 4 is 0 Å². The van der Waals surface area contributed by atoms with Crippen molar-refractivity contribution in [3.63, 3.8) is 0 Å². The van der Waals surface area contributed by atoms with E-state index in [-0.39, 0.29) is 0 Å². The van der Waals surface area contributed by atoms with Gasteiger partial charge in [0.1, 0.15) is 0 Å². The SMILES string of the molecule is CCc1cccc(C(C)C)c1C1CC1. The quantitative estimate of drug-likeness (QED) is 0.665. The molecule has 1 fully saturated rings. The molecule has 0 spiro atoms. The zero-order chi connectivity index (χ0) is 10.1. The lowest BCUT2D eigenvalue weighted by molar-refractivity contribution is 0.832. The van der Waals surface area contributed by atoms with Gasteiger partial charge in [-0.15, -0.1) is 0 Å². The third-order valence-electron chi connectivity index (χ3n) is 3.22. The van der Waals surface area contributed by atoms with Crippen molar-refractivity contribution in [3.05, 3.63) is 34.9 Å². The number of benzene rings is 1. The van der Waals surface area contributed by atoms with Gasteiger partial charge >= 0.3 is 0 Å². The highest BCUT2D eigenvalue weighted by Crippen LogP contribution is 2.45. The molecule has 0 heterocycles. The van der Waals surface area contributed by atoms with Crippen molar-refractivity contribution < 1.29 is 0 Å². The molecule has 0 saturated heterocycles. The van der Waals surface area contributed by atoms with E-state index in [1.54, 1.807) is 16.7 Å². The van der Waals surface area contributed by atoms with Crippen LogP contribution in [0.3, 0.4) is 0 Å². The van der Waals surface area contributed by atoms with Crippen molar-refractivity contribution in [2.45, 2.75) is 51.9 Å². The number of hydrogen-bond donors (Lipinski definition) is 0. The van der Waals surface area contributed by atoms with E-state index in [1.807, 2.05) is 0 Å². The molecule has 1 aromatic carbocycles. The second-order valence-electron chi connectivity index (χ2n) is 4.70. The van der Waals surface area contributed by atoms with E-state index in [4.69, 9.17) is 0 Å². The maximum atomic E-state index is 2.32. The Hall–Kier alpha value is -0.780. The van der Waals surface area contributed by atoms with Crippen LogP contribution < -0.4 is 0 Å². The molecule has 0 nitrogen and oxygen atoms in total. The maximum Gasteiger partial charge on any atom is -0.0156 e. The molecule has 0 amide bonds. The van der Waals surface area contributed by atoms with E-state index in [0.717, 1.165) is 5.92 Å². The van der Waals surface area contributed by atoms with Gasteiger partial charge in [0.15, 0.2) is 0 Å². The second-order valence-corrected chi connectivity index (χ2v) is 4.70. The smallest absolute Gasteiger partial charge is 0.0156 e. The molecule has 1 aliphatic carbocycles. The highest BCUT2D eigenvalue weighted by molar-refractivity contribution is 5.42. The summed E-state index contributed by atoms with van der Waals surface area (Å²) in [7, 11) is 0. The summed E-state index contributed by atoms with van der Waals surface area (Å²) in [6.45, 7) is 6.88. The van der Waals surface area contributed by atoms with Crippen molar-refractivity contribution in [1.29, 1.82) is 0 Å². The van der Waals surface area contributed by atoms with E-state index in [0.29, 0.717) is 5.92 Å². The minimum Gasteiger partial charge on any atom is -0.0617 e. The second kappa shape index (κ2) is 3.76. The van der Waals surface area contributed by atoms with Gasteiger partial charge in [-0.25, -0.2) is 0 Å². The predicted octanol–water partition coefficient (Wildman–Crippen LogP) is 4.25. The Bertz CT molecular complexity index is 319. The fourth-order valence-corrected chi connectivity index (χ4v) is 2.31. The molecular weight excluding hydrogens is 168 g/mol. The fourth-order valence-electron chi connectivity index (χ4n) is 2.31. The van der Waals surface area contributed by atoms with Crippen molar-refractivity contribution in [3.8, 4) is 0 Å². The third-order valence-corrected chi connectivity index (χ3v) is 3.22. The highest BCUT2D eigenvalue weighted by atomic mass is 14.3. The van der Waals surface area contributed by atoms with Crippen LogP contribution in [0.5, 0.6) is 0 Å². The summed E-state index contributed by atoms with van der Waals surface area (Å²) in [5, 5.41) is 0. The van der Waals surface area contributed by atoms with E-state index >= 15 is 0 Å². The molecule has 0 aliphatic heterocycles. The van der Waals surface area contributed by atoms with Gasteiger partial charge in [-0.2, -0.15) is 0 Å². The van der Waals surface area contributed by atoms with Crippen LogP contribution in [0.1, 0.15) is 62.1 Å². The molecule has 76 valence electrons. The monoisotopic (exact) mass is 188 g/mol. The van der Waals surface area contributed by atoms with Gasteiger partial charge in [-0.3, -0.25) is 0 Å². The minimum atomic E-state index is 0.678. The van der Waals surface area contributed by atoms with E-state index in [2.05, 4.69) is 39.0 Å². The molecule has 1 aliphatic rings. The van der Waals surface area contributed by atoms with Gasteiger partial charge in [0, 0.05) is 0 Å². The van der Waals surface area contributed by atoms with Crippen LogP contribution in [0, 0.1) is 0 Å². The molecule has 14 heavy (non-hydrogen) atoms. The summed E-state index contributed by atoms with van der Waals surface area (Å²) in [5.41, 5.74) is 4.86. The predicted molar refractivity (Wildman–Crippen MR) is 61.9 cm³/mol. The van der Waals surface area contributed by atoms with Crippen LogP contribution in [0.2, 0.25) is 0 Å². The first-order valence-corrected chi connectivity index (χ1v) is 5.85. The fraction of sp³-hybridized carbons (Fsp3) is 0.571. The summed E-state index contributed by atoms with van der Waals surface area (Å²) in [6, 6.07) is 6.84.